The van der Waals surface area contributed by atoms with E-state index in [-0.39, 0.29) is 12.5 Å². The molecule has 0 bridgehead atoms. The third-order valence-electron chi connectivity index (χ3n) is 3.60. The second-order valence-electron chi connectivity index (χ2n) is 5.89. The molecule has 7 nitrogen and oxygen atoms in total. The number of halogens is 4. The fourth-order valence-electron chi connectivity index (χ4n) is 2.08. The average Bonchev–Trinajstić information content (AvgIpc) is 2.66. The van der Waals surface area contributed by atoms with E-state index in [0.29, 0.717) is 45.3 Å². The van der Waals surface area contributed by atoms with Crippen LogP contribution in [0.25, 0.3) is 0 Å². The SMILES string of the molecule is CC(F)(F)CF.CCC(=O)N(CCCNC(=O)F)CCC[Si](OC)(OC)OC. The summed E-state index contributed by atoms with van der Waals surface area (Å²) >= 11 is 0. The fourth-order valence-corrected chi connectivity index (χ4v) is 3.79. The summed E-state index contributed by atoms with van der Waals surface area (Å²) in [6, 6.07) is 0.602. The van der Waals surface area contributed by atoms with E-state index in [2.05, 4.69) is 5.32 Å². The van der Waals surface area contributed by atoms with Crippen LogP contribution in [0.15, 0.2) is 0 Å². The molecule has 1 N–H and O–H groups in total. The molecule has 0 aromatic heterocycles. The molecular weight excluding hydrogens is 404 g/mol. The van der Waals surface area contributed by atoms with Crippen LogP contribution in [0.3, 0.4) is 0 Å². The molecular formula is C16H32F4N2O5Si. The van der Waals surface area contributed by atoms with Crippen molar-refractivity contribution in [2.45, 2.75) is 45.1 Å². The van der Waals surface area contributed by atoms with Gasteiger partial charge in [-0.15, -0.1) is 4.39 Å². The third-order valence-corrected chi connectivity index (χ3v) is 6.43. The Balaban J connectivity index is 0. The molecule has 0 heterocycles. The van der Waals surface area contributed by atoms with Gasteiger partial charge in [-0.25, -0.2) is 18.0 Å². The zero-order chi connectivity index (χ0) is 22.2. The molecule has 0 aromatic rings. The minimum absolute atomic E-state index is 0.0195. The van der Waals surface area contributed by atoms with Crippen molar-refractivity contribution in [3.8, 4) is 0 Å². The van der Waals surface area contributed by atoms with Gasteiger partial charge in [0.2, 0.25) is 5.91 Å². The summed E-state index contributed by atoms with van der Waals surface area (Å²) in [4.78, 5) is 23.7. The summed E-state index contributed by atoms with van der Waals surface area (Å²) in [5.41, 5.74) is 0. The number of carbonyl (C=O) groups is 2. The fraction of sp³-hybridized carbons (Fsp3) is 0.875. The van der Waals surface area contributed by atoms with Gasteiger partial charge in [0.25, 0.3) is 5.92 Å². The molecule has 0 rings (SSSR count). The summed E-state index contributed by atoms with van der Waals surface area (Å²) in [7, 11) is 2.02. The Bertz CT molecular complexity index is 429. The first-order chi connectivity index (χ1) is 13.0. The van der Waals surface area contributed by atoms with Gasteiger partial charge in [-0.1, -0.05) is 6.92 Å². The summed E-state index contributed by atoms with van der Waals surface area (Å²) in [6.07, 6.45) is 0.0345. The van der Waals surface area contributed by atoms with Gasteiger partial charge in [-0.05, 0) is 12.8 Å². The standard InChI is InChI=1S/C13H27FN2O5Si.C3H5F3/c1-5-12(17)16(9-6-8-15-13(14)18)10-7-11-22(19-2,20-3)21-4;1-3(5,6)2-4/h5-11H2,1-4H3,(H,15,18);2H2,1H3. The topological polar surface area (TPSA) is 77.1 Å². The number of nitrogens with one attached hydrogen (secondary N) is 1. The maximum atomic E-state index is 12.0. The zero-order valence-corrected chi connectivity index (χ0v) is 18.2. The highest BCUT2D eigenvalue weighted by molar-refractivity contribution is 6.60. The minimum Gasteiger partial charge on any atom is -0.377 e. The number of nitrogens with zero attached hydrogens (tertiary/aromatic N) is 1. The second-order valence-corrected chi connectivity index (χ2v) is 8.98. The van der Waals surface area contributed by atoms with Gasteiger partial charge >= 0.3 is 15.0 Å². The molecule has 0 fully saturated rings. The molecule has 0 aliphatic carbocycles. The van der Waals surface area contributed by atoms with Gasteiger partial charge in [0, 0.05) is 60.4 Å². The predicted molar refractivity (Wildman–Crippen MR) is 98.8 cm³/mol. The maximum Gasteiger partial charge on any atom is 0.500 e. The van der Waals surface area contributed by atoms with E-state index in [1.54, 1.807) is 33.2 Å². The van der Waals surface area contributed by atoms with Gasteiger partial charge in [-0.3, -0.25) is 4.79 Å². The van der Waals surface area contributed by atoms with Crippen LogP contribution in [0.2, 0.25) is 6.04 Å². The minimum atomic E-state index is -3.12. The van der Waals surface area contributed by atoms with Crippen molar-refractivity contribution < 1.29 is 40.4 Å². The molecule has 0 aromatic carbocycles. The Hall–Kier alpha value is -1.24. The molecule has 0 atom stereocenters. The Labute approximate surface area is 165 Å². The number of amides is 2. The summed E-state index contributed by atoms with van der Waals surface area (Å²) in [5.74, 6) is -3.11. The lowest BCUT2D eigenvalue weighted by molar-refractivity contribution is -0.131. The van der Waals surface area contributed by atoms with Crippen LogP contribution < -0.4 is 5.32 Å². The smallest absolute Gasteiger partial charge is 0.377 e. The van der Waals surface area contributed by atoms with Crippen molar-refractivity contribution in [3.63, 3.8) is 0 Å². The lowest BCUT2D eigenvalue weighted by atomic mass is 10.3. The summed E-state index contributed by atoms with van der Waals surface area (Å²) in [6.45, 7) is 1.97. The van der Waals surface area contributed by atoms with Crippen molar-refractivity contribution in [3.05, 3.63) is 0 Å². The molecule has 0 unspecified atom stereocenters. The van der Waals surface area contributed by atoms with E-state index in [1.807, 2.05) is 0 Å². The number of hydrogen-bond donors (Lipinski definition) is 1. The largest absolute Gasteiger partial charge is 0.500 e. The first kappa shape index (κ1) is 29.0. The number of rotatable bonds is 13. The first-order valence-electron chi connectivity index (χ1n) is 8.81. The number of hydrogen-bond acceptors (Lipinski definition) is 5. The molecule has 0 radical (unpaired) electrons. The molecule has 2 amide bonds. The van der Waals surface area contributed by atoms with Gasteiger partial charge in [0.1, 0.15) is 0 Å². The average molecular weight is 437 g/mol. The van der Waals surface area contributed by atoms with Gasteiger partial charge in [-0.2, -0.15) is 0 Å². The lowest BCUT2D eigenvalue weighted by Gasteiger charge is -2.27. The molecule has 0 aliphatic heterocycles. The molecule has 168 valence electrons. The first-order valence-corrected chi connectivity index (χ1v) is 10.7. The Morgan fingerprint density at radius 3 is 1.89 bits per heavy atom. The van der Waals surface area contributed by atoms with Crippen molar-refractivity contribution in [1.29, 1.82) is 0 Å². The summed E-state index contributed by atoms with van der Waals surface area (Å²) < 4.78 is 60.9. The van der Waals surface area contributed by atoms with Gasteiger partial charge < -0.3 is 23.5 Å². The summed E-state index contributed by atoms with van der Waals surface area (Å²) in [5, 5.41) is 2.07. The van der Waals surface area contributed by atoms with E-state index in [1.165, 1.54) is 0 Å². The van der Waals surface area contributed by atoms with Gasteiger partial charge in [0.05, 0.1) is 0 Å². The quantitative estimate of drug-likeness (QED) is 0.158. The molecule has 0 saturated carbocycles. The van der Waals surface area contributed by atoms with Gasteiger partial charge in [0.15, 0.2) is 6.67 Å². The lowest BCUT2D eigenvalue weighted by Crippen LogP contribution is -2.43. The highest BCUT2D eigenvalue weighted by Gasteiger charge is 2.37. The van der Waals surface area contributed by atoms with Crippen LogP contribution in [0.1, 0.15) is 33.1 Å². The number of alkyl halides is 3. The van der Waals surface area contributed by atoms with E-state index in [4.69, 9.17) is 13.3 Å². The monoisotopic (exact) mass is 436 g/mol. The Morgan fingerprint density at radius 1 is 1.07 bits per heavy atom. The molecule has 0 aliphatic rings. The van der Waals surface area contributed by atoms with E-state index < -0.39 is 27.6 Å². The van der Waals surface area contributed by atoms with E-state index in [9.17, 15) is 27.2 Å². The Kier molecular flexibility index (Phi) is 16.2. The van der Waals surface area contributed by atoms with Crippen LogP contribution in [0.4, 0.5) is 22.4 Å². The predicted octanol–water partition coefficient (Wildman–Crippen LogP) is 3.17. The normalized spacial score (nSPS) is 11.5. The van der Waals surface area contributed by atoms with Crippen molar-refractivity contribution in [2.24, 2.45) is 0 Å². The molecule has 0 spiro atoms. The Morgan fingerprint density at radius 2 is 1.54 bits per heavy atom. The highest BCUT2D eigenvalue weighted by atomic mass is 28.4. The van der Waals surface area contributed by atoms with Crippen LogP contribution >= 0.6 is 0 Å². The van der Waals surface area contributed by atoms with Crippen LogP contribution in [0, 0.1) is 0 Å². The van der Waals surface area contributed by atoms with Crippen molar-refractivity contribution >= 4 is 20.9 Å². The van der Waals surface area contributed by atoms with Crippen LogP contribution in [-0.2, 0) is 18.1 Å². The maximum absolute atomic E-state index is 12.0. The van der Waals surface area contributed by atoms with Crippen molar-refractivity contribution in [1.82, 2.24) is 10.2 Å². The van der Waals surface area contributed by atoms with Crippen molar-refractivity contribution in [2.75, 3.05) is 47.6 Å². The van der Waals surface area contributed by atoms with Crippen LogP contribution in [0.5, 0.6) is 0 Å². The van der Waals surface area contributed by atoms with E-state index in [0.717, 1.165) is 0 Å². The van der Waals surface area contributed by atoms with E-state index >= 15 is 0 Å². The molecule has 0 saturated heterocycles. The zero-order valence-electron chi connectivity index (χ0n) is 17.2. The molecule has 28 heavy (non-hydrogen) atoms. The number of carbonyl (C=O) groups excluding carboxylic acids is 2. The van der Waals surface area contributed by atoms with Crippen LogP contribution in [-0.4, -0.2) is 79.3 Å². The third kappa shape index (κ3) is 14.8. The second kappa shape index (κ2) is 15.7. The highest BCUT2D eigenvalue weighted by Crippen LogP contribution is 2.15. The molecule has 12 heteroatoms.